The van der Waals surface area contributed by atoms with Crippen LogP contribution in [0.5, 0.6) is 0 Å². The summed E-state index contributed by atoms with van der Waals surface area (Å²) in [5.74, 6) is 6.24. The van der Waals surface area contributed by atoms with Crippen LogP contribution in [0, 0.1) is 11.8 Å². The smallest absolute Gasteiger partial charge is 0.392 e. The van der Waals surface area contributed by atoms with E-state index in [1.165, 1.54) is 0 Å². The molecule has 1 fully saturated rings. The number of hydrogen-bond acceptors (Lipinski definition) is 5. The van der Waals surface area contributed by atoms with Crippen molar-refractivity contribution in [1.82, 2.24) is 25.5 Å². The van der Waals surface area contributed by atoms with Crippen LogP contribution in [0.25, 0.3) is 0 Å². The summed E-state index contributed by atoms with van der Waals surface area (Å²) < 4.78 is 36.4. The van der Waals surface area contributed by atoms with Crippen LogP contribution < -0.4 is 10.6 Å². The quantitative estimate of drug-likeness (QED) is 0.265. The maximum atomic E-state index is 12.1. The molecular weight excluding hydrogens is 499 g/mol. The van der Waals surface area contributed by atoms with E-state index in [4.69, 9.17) is 0 Å². The summed E-state index contributed by atoms with van der Waals surface area (Å²) >= 11 is 0. The van der Waals surface area contributed by atoms with E-state index in [1.54, 1.807) is 42.9 Å². The van der Waals surface area contributed by atoms with Gasteiger partial charge in [-0.05, 0) is 49.9 Å². The van der Waals surface area contributed by atoms with Gasteiger partial charge in [0.15, 0.2) is 0 Å². The maximum absolute atomic E-state index is 12.1. The van der Waals surface area contributed by atoms with E-state index < -0.39 is 12.6 Å². The highest BCUT2D eigenvalue weighted by Gasteiger charge is 2.41. The molecule has 0 bridgehead atoms. The molecule has 39 heavy (non-hydrogen) atoms. The molecule has 1 unspecified atom stereocenters. The third-order valence-corrected chi connectivity index (χ3v) is 6.30. The highest BCUT2D eigenvalue weighted by atomic mass is 19.4. The normalized spacial score (nSPS) is 14.1. The molecule has 0 amide bonds. The Labute approximate surface area is 231 Å². The molecule has 0 spiro atoms. The van der Waals surface area contributed by atoms with Crippen molar-refractivity contribution < 1.29 is 13.2 Å². The Morgan fingerprint density at radius 1 is 1.18 bits per heavy atom. The summed E-state index contributed by atoms with van der Waals surface area (Å²) in [6.45, 7) is 15.9. The van der Waals surface area contributed by atoms with E-state index in [2.05, 4.69) is 71.1 Å². The van der Waals surface area contributed by atoms with Gasteiger partial charge in [0.1, 0.15) is 5.69 Å². The standard InChI is InChI=1S/C18H27N5.C13H13F3/c1-6-11-23(5)14-16(3)22-17(12-15(2)19-4)7-8-18-13-20-9-10-21-18;1-2-12(7-8-12)11-5-3-10(4-6-11)9-13(14,15)16/h9-10,13,17,19,22H,2-3,6,11-12,14H2,1,4-5H3;2-6H,1,7-9H2. The third-order valence-electron chi connectivity index (χ3n) is 6.30. The van der Waals surface area contributed by atoms with Gasteiger partial charge >= 0.3 is 6.18 Å². The van der Waals surface area contributed by atoms with Crippen molar-refractivity contribution >= 4 is 0 Å². The lowest BCUT2D eigenvalue weighted by atomic mass is 9.95. The van der Waals surface area contributed by atoms with E-state index in [0.717, 1.165) is 49.3 Å². The van der Waals surface area contributed by atoms with Gasteiger partial charge in [0.05, 0.1) is 18.7 Å². The number of hydrogen-bond donors (Lipinski definition) is 2. The van der Waals surface area contributed by atoms with E-state index in [9.17, 15) is 13.2 Å². The number of aromatic nitrogens is 2. The van der Waals surface area contributed by atoms with Crippen molar-refractivity contribution in [3.05, 3.63) is 96.9 Å². The number of halogens is 3. The molecule has 1 aromatic heterocycles. The monoisotopic (exact) mass is 539 g/mol. The lowest BCUT2D eigenvalue weighted by molar-refractivity contribution is -0.127. The predicted octanol–water partition coefficient (Wildman–Crippen LogP) is 5.77. The summed E-state index contributed by atoms with van der Waals surface area (Å²) in [7, 11) is 3.95. The Morgan fingerprint density at radius 2 is 1.87 bits per heavy atom. The van der Waals surface area contributed by atoms with Crippen LogP contribution in [0.1, 0.15) is 49.4 Å². The number of likely N-dealkylation sites (N-methyl/N-ethyl adjacent to an activating group) is 1. The molecule has 1 aliphatic carbocycles. The molecule has 3 rings (SSSR count). The largest absolute Gasteiger partial charge is 0.393 e. The Bertz CT molecular complexity index is 1130. The van der Waals surface area contributed by atoms with Crippen molar-refractivity contribution in [3.8, 4) is 11.8 Å². The SMILES string of the molecule is C=C(CC(C#Cc1cnccn1)NC(=C)CN(C)CCC)NC.C=CC1(c2ccc(CC(F)(F)F)cc2)CC1. The van der Waals surface area contributed by atoms with Crippen molar-refractivity contribution in [2.75, 3.05) is 27.2 Å². The third kappa shape index (κ3) is 11.8. The van der Waals surface area contributed by atoms with Crippen LogP contribution in [0.3, 0.4) is 0 Å². The van der Waals surface area contributed by atoms with Gasteiger partial charge in [-0.15, -0.1) is 6.58 Å². The highest BCUT2D eigenvalue weighted by molar-refractivity contribution is 5.38. The summed E-state index contributed by atoms with van der Waals surface area (Å²) in [5.41, 5.74) is 3.96. The molecule has 0 aliphatic heterocycles. The zero-order chi connectivity index (χ0) is 28.9. The lowest BCUT2D eigenvalue weighted by Crippen LogP contribution is -2.34. The maximum Gasteiger partial charge on any atom is 0.393 e. The molecule has 1 atom stereocenters. The van der Waals surface area contributed by atoms with Gasteiger partial charge in [0.2, 0.25) is 0 Å². The van der Waals surface area contributed by atoms with Gasteiger partial charge in [-0.1, -0.05) is 56.3 Å². The summed E-state index contributed by atoms with van der Waals surface area (Å²) in [4.78, 5) is 10.4. The van der Waals surface area contributed by atoms with E-state index >= 15 is 0 Å². The minimum Gasteiger partial charge on any atom is -0.392 e. The number of nitrogens with zero attached hydrogens (tertiary/aromatic N) is 3. The first kappa shape index (κ1) is 31.6. The molecule has 1 saturated carbocycles. The zero-order valence-electron chi connectivity index (χ0n) is 23.2. The average Bonchev–Trinajstić information content (AvgIpc) is 3.69. The van der Waals surface area contributed by atoms with Crippen molar-refractivity contribution in [3.63, 3.8) is 0 Å². The minimum atomic E-state index is -4.13. The second kappa shape index (κ2) is 15.1. The van der Waals surface area contributed by atoms with Gasteiger partial charge in [0.25, 0.3) is 0 Å². The van der Waals surface area contributed by atoms with Gasteiger partial charge < -0.3 is 15.5 Å². The van der Waals surface area contributed by atoms with Gasteiger partial charge in [-0.3, -0.25) is 4.98 Å². The first-order chi connectivity index (χ1) is 18.5. The molecule has 8 heteroatoms. The fourth-order valence-electron chi connectivity index (χ4n) is 4.02. The molecule has 1 aromatic carbocycles. The number of nitrogens with one attached hydrogen (secondary N) is 2. The zero-order valence-corrected chi connectivity index (χ0v) is 23.2. The average molecular weight is 540 g/mol. The molecule has 2 aromatic rings. The van der Waals surface area contributed by atoms with E-state index in [-0.39, 0.29) is 11.5 Å². The molecule has 1 heterocycles. The highest BCUT2D eigenvalue weighted by Crippen LogP contribution is 2.49. The summed E-state index contributed by atoms with van der Waals surface area (Å²) in [6.07, 6.45) is 5.76. The number of allylic oxidation sites excluding steroid dienone is 1. The van der Waals surface area contributed by atoms with Crippen LogP contribution in [-0.4, -0.2) is 54.3 Å². The molecule has 0 saturated heterocycles. The van der Waals surface area contributed by atoms with Crippen molar-refractivity contribution in [1.29, 1.82) is 0 Å². The Morgan fingerprint density at radius 3 is 2.38 bits per heavy atom. The second-order valence-electron chi connectivity index (χ2n) is 9.81. The van der Waals surface area contributed by atoms with E-state index in [0.29, 0.717) is 17.7 Å². The Balaban J connectivity index is 0.000000290. The van der Waals surface area contributed by atoms with Crippen LogP contribution >= 0.6 is 0 Å². The fourth-order valence-corrected chi connectivity index (χ4v) is 4.02. The Hall–Kier alpha value is -3.57. The molecule has 1 aliphatic rings. The first-order valence-electron chi connectivity index (χ1n) is 13.1. The van der Waals surface area contributed by atoms with Crippen LogP contribution in [0.15, 0.2) is 80.1 Å². The van der Waals surface area contributed by atoms with Crippen LogP contribution in [0.4, 0.5) is 13.2 Å². The summed E-state index contributed by atoms with van der Waals surface area (Å²) in [5, 5.41) is 6.44. The van der Waals surface area contributed by atoms with Gasteiger partial charge in [-0.25, -0.2) is 4.98 Å². The molecule has 210 valence electrons. The van der Waals surface area contributed by atoms with Crippen molar-refractivity contribution in [2.24, 2.45) is 0 Å². The second-order valence-corrected chi connectivity index (χ2v) is 9.81. The molecule has 5 nitrogen and oxygen atoms in total. The van der Waals surface area contributed by atoms with Crippen LogP contribution in [-0.2, 0) is 11.8 Å². The molecule has 2 N–H and O–H groups in total. The summed E-state index contributed by atoms with van der Waals surface area (Å²) in [6, 6.07) is 6.63. The number of benzene rings is 1. The van der Waals surface area contributed by atoms with Gasteiger partial charge in [-0.2, -0.15) is 13.2 Å². The van der Waals surface area contributed by atoms with Gasteiger partial charge in [0, 0.05) is 49.2 Å². The molecular formula is C31H40F3N5. The minimum absolute atomic E-state index is 0.0385. The fraction of sp³-hybridized carbons (Fsp3) is 0.419. The topological polar surface area (TPSA) is 53.1 Å². The number of alkyl halides is 3. The molecule has 0 radical (unpaired) electrons. The lowest BCUT2D eigenvalue weighted by Gasteiger charge is -2.22. The van der Waals surface area contributed by atoms with Crippen molar-refractivity contribution in [2.45, 2.75) is 56.7 Å². The van der Waals surface area contributed by atoms with Crippen LogP contribution in [0.2, 0.25) is 0 Å². The predicted molar refractivity (Wildman–Crippen MR) is 153 cm³/mol. The first-order valence-corrected chi connectivity index (χ1v) is 13.1. The Kier molecular flexibility index (Phi) is 12.3. The number of rotatable bonds is 12. The van der Waals surface area contributed by atoms with E-state index in [1.807, 2.05) is 13.1 Å².